The van der Waals surface area contributed by atoms with Crippen LogP contribution in [0.25, 0.3) is 0 Å². The lowest BCUT2D eigenvalue weighted by Crippen LogP contribution is -2.39. The molecule has 2 amide bonds. The predicted octanol–water partition coefficient (Wildman–Crippen LogP) is 5.71. The topological polar surface area (TPSA) is 52.7 Å². The minimum Gasteiger partial charge on any atom is -0.336 e. The van der Waals surface area contributed by atoms with Gasteiger partial charge < -0.3 is 10.2 Å². The summed E-state index contributed by atoms with van der Waals surface area (Å²) in [6, 6.07) is 18.9. The maximum Gasteiger partial charge on any atom is 0.256 e. The van der Waals surface area contributed by atoms with Gasteiger partial charge in [-0.15, -0.1) is 0 Å². The van der Waals surface area contributed by atoms with Crippen LogP contribution in [0.2, 0.25) is 10.0 Å². The molecule has 1 aliphatic rings. The standard InChI is InChI=1S/C25H20Cl2FN3O2S/c26-17-3-9-20(10-4-17)29-23(32)15-22-24(33)31(21-11-5-18(27)6-12-21)25(34)30(22)14-13-16-1-7-19(28)8-2-16/h1-12,22H,13-15H2,(H,29,32). The summed E-state index contributed by atoms with van der Waals surface area (Å²) in [7, 11) is 0. The van der Waals surface area contributed by atoms with Crippen LogP contribution in [-0.4, -0.2) is 34.4 Å². The molecule has 0 bridgehead atoms. The van der Waals surface area contributed by atoms with E-state index in [1.54, 1.807) is 65.6 Å². The molecule has 1 aliphatic heterocycles. The van der Waals surface area contributed by atoms with Crippen LogP contribution in [0.4, 0.5) is 15.8 Å². The van der Waals surface area contributed by atoms with Crippen molar-refractivity contribution in [3.05, 3.63) is 94.2 Å². The molecule has 4 rings (SSSR count). The minimum absolute atomic E-state index is 0.0882. The van der Waals surface area contributed by atoms with E-state index in [2.05, 4.69) is 5.32 Å². The molecule has 1 saturated heterocycles. The summed E-state index contributed by atoms with van der Waals surface area (Å²) in [6.45, 7) is 0.388. The highest BCUT2D eigenvalue weighted by atomic mass is 35.5. The van der Waals surface area contributed by atoms with Crippen molar-refractivity contribution in [2.75, 3.05) is 16.8 Å². The first-order valence-corrected chi connectivity index (χ1v) is 11.7. The van der Waals surface area contributed by atoms with Crippen molar-refractivity contribution in [2.24, 2.45) is 0 Å². The molecule has 174 valence electrons. The number of nitrogens with one attached hydrogen (secondary N) is 1. The van der Waals surface area contributed by atoms with Crippen molar-refractivity contribution in [1.82, 2.24) is 4.90 Å². The molecular weight excluding hydrogens is 496 g/mol. The molecule has 9 heteroatoms. The number of nitrogens with zero attached hydrogens (tertiary/aromatic N) is 2. The van der Waals surface area contributed by atoms with Crippen LogP contribution in [0.5, 0.6) is 0 Å². The van der Waals surface area contributed by atoms with E-state index in [1.165, 1.54) is 17.0 Å². The fraction of sp³-hybridized carbons (Fsp3) is 0.160. The number of hydrogen-bond donors (Lipinski definition) is 1. The third kappa shape index (κ3) is 5.55. The normalized spacial score (nSPS) is 15.7. The van der Waals surface area contributed by atoms with Crippen LogP contribution in [0.15, 0.2) is 72.8 Å². The lowest BCUT2D eigenvalue weighted by molar-refractivity contribution is -0.124. The van der Waals surface area contributed by atoms with Crippen LogP contribution in [0, 0.1) is 5.82 Å². The van der Waals surface area contributed by atoms with Crippen molar-refractivity contribution >= 4 is 63.7 Å². The highest BCUT2D eigenvalue weighted by Crippen LogP contribution is 2.29. The number of anilines is 2. The molecule has 1 fully saturated rings. The maximum atomic E-state index is 13.4. The molecule has 1 N–H and O–H groups in total. The number of hydrogen-bond acceptors (Lipinski definition) is 3. The molecule has 0 saturated carbocycles. The minimum atomic E-state index is -0.782. The molecule has 0 spiro atoms. The number of halogens is 3. The molecule has 1 unspecified atom stereocenters. The third-order valence-corrected chi connectivity index (χ3v) is 6.39. The number of thiocarbonyl (C=S) groups is 1. The van der Waals surface area contributed by atoms with Gasteiger partial charge in [0.25, 0.3) is 5.91 Å². The maximum absolute atomic E-state index is 13.4. The second-order valence-electron chi connectivity index (χ2n) is 7.78. The van der Waals surface area contributed by atoms with Crippen molar-refractivity contribution < 1.29 is 14.0 Å². The molecule has 1 heterocycles. The molecular formula is C25H20Cl2FN3O2S. The van der Waals surface area contributed by atoms with Crippen LogP contribution >= 0.6 is 35.4 Å². The van der Waals surface area contributed by atoms with Crippen LogP contribution < -0.4 is 10.2 Å². The predicted molar refractivity (Wildman–Crippen MR) is 137 cm³/mol. The van der Waals surface area contributed by atoms with Crippen molar-refractivity contribution in [3.8, 4) is 0 Å². The average molecular weight is 516 g/mol. The molecule has 3 aromatic carbocycles. The number of amides is 2. The summed E-state index contributed by atoms with van der Waals surface area (Å²) in [4.78, 5) is 29.4. The van der Waals surface area contributed by atoms with Crippen LogP contribution in [-0.2, 0) is 16.0 Å². The van der Waals surface area contributed by atoms with Crippen molar-refractivity contribution in [1.29, 1.82) is 0 Å². The van der Waals surface area contributed by atoms with Gasteiger partial charge in [-0.1, -0.05) is 35.3 Å². The summed E-state index contributed by atoms with van der Waals surface area (Å²) in [6.07, 6.45) is 0.437. The number of carbonyl (C=O) groups is 2. The Kier molecular flexibility index (Phi) is 7.46. The van der Waals surface area contributed by atoms with Gasteiger partial charge in [-0.25, -0.2) is 4.39 Å². The molecule has 0 radical (unpaired) electrons. The van der Waals surface area contributed by atoms with Gasteiger partial charge in [0.05, 0.1) is 12.1 Å². The molecule has 3 aromatic rings. The quantitative estimate of drug-likeness (QED) is 0.409. The summed E-state index contributed by atoms with van der Waals surface area (Å²) in [5.41, 5.74) is 2.05. The Balaban J connectivity index is 1.55. The van der Waals surface area contributed by atoms with Gasteiger partial charge in [-0.2, -0.15) is 0 Å². The fourth-order valence-corrected chi connectivity index (χ4v) is 4.40. The van der Waals surface area contributed by atoms with Gasteiger partial charge in [0.2, 0.25) is 5.91 Å². The zero-order valence-corrected chi connectivity index (χ0v) is 20.2. The molecule has 34 heavy (non-hydrogen) atoms. The number of rotatable bonds is 7. The Labute approximate surface area is 212 Å². The first-order valence-electron chi connectivity index (χ1n) is 10.5. The third-order valence-electron chi connectivity index (χ3n) is 5.46. The smallest absolute Gasteiger partial charge is 0.256 e. The molecule has 1 atom stereocenters. The zero-order chi connectivity index (χ0) is 24.2. The van der Waals surface area contributed by atoms with Crippen LogP contribution in [0.3, 0.4) is 0 Å². The number of carbonyl (C=O) groups excluding carboxylic acids is 2. The summed E-state index contributed by atoms with van der Waals surface area (Å²) in [5.74, 6) is -0.938. The number of benzene rings is 3. The lowest BCUT2D eigenvalue weighted by Gasteiger charge is -2.24. The highest BCUT2D eigenvalue weighted by molar-refractivity contribution is 7.80. The van der Waals surface area contributed by atoms with E-state index < -0.39 is 6.04 Å². The van der Waals surface area contributed by atoms with Gasteiger partial charge in [0, 0.05) is 22.3 Å². The SMILES string of the molecule is O=C(CC1C(=O)N(c2ccc(Cl)cc2)C(=S)N1CCc1ccc(F)cc1)Nc1ccc(Cl)cc1. The van der Waals surface area contributed by atoms with Crippen LogP contribution in [0.1, 0.15) is 12.0 Å². The first kappa shape index (κ1) is 24.1. The molecule has 0 aliphatic carbocycles. The Bertz CT molecular complexity index is 1200. The second-order valence-corrected chi connectivity index (χ2v) is 9.02. The zero-order valence-electron chi connectivity index (χ0n) is 17.9. The van der Waals surface area contributed by atoms with E-state index in [0.717, 1.165) is 5.56 Å². The second kappa shape index (κ2) is 10.5. The summed E-state index contributed by atoms with van der Waals surface area (Å²) >= 11 is 17.6. The largest absolute Gasteiger partial charge is 0.336 e. The van der Waals surface area contributed by atoms with E-state index in [1.807, 2.05) is 0 Å². The van der Waals surface area contributed by atoms with Gasteiger partial charge in [0.1, 0.15) is 11.9 Å². The van der Waals surface area contributed by atoms with Crippen molar-refractivity contribution in [2.45, 2.75) is 18.9 Å². The van der Waals surface area contributed by atoms with Gasteiger partial charge in [0.15, 0.2) is 5.11 Å². The van der Waals surface area contributed by atoms with Gasteiger partial charge >= 0.3 is 0 Å². The molecule has 5 nitrogen and oxygen atoms in total. The Morgan fingerprint density at radius 2 is 1.53 bits per heavy atom. The Morgan fingerprint density at radius 1 is 0.941 bits per heavy atom. The van der Waals surface area contributed by atoms with E-state index in [4.69, 9.17) is 35.4 Å². The average Bonchev–Trinajstić information content (AvgIpc) is 3.04. The summed E-state index contributed by atoms with van der Waals surface area (Å²) in [5, 5.41) is 4.19. The Hall–Kier alpha value is -3.00. The van der Waals surface area contributed by atoms with E-state index >= 15 is 0 Å². The van der Waals surface area contributed by atoms with E-state index in [-0.39, 0.29) is 24.1 Å². The monoisotopic (exact) mass is 515 g/mol. The summed E-state index contributed by atoms with van der Waals surface area (Å²) < 4.78 is 13.3. The fourth-order valence-electron chi connectivity index (χ4n) is 3.74. The molecule has 0 aromatic heterocycles. The van der Waals surface area contributed by atoms with Gasteiger partial charge in [-0.05, 0) is 84.9 Å². The van der Waals surface area contributed by atoms with Crippen molar-refractivity contribution in [3.63, 3.8) is 0 Å². The van der Waals surface area contributed by atoms with Gasteiger partial charge in [-0.3, -0.25) is 14.5 Å². The van der Waals surface area contributed by atoms with E-state index in [0.29, 0.717) is 39.5 Å². The van der Waals surface area contributed by atoms with E-state index in [9.17, 15) is 14.0 Å². The lowest BCUT2D eigenvalue weighted by atomic mass is 10.1. The Morgan fingerprint density at radius 3 is 2.15 bits per heavy atom. The first-order chi connectivity index (χ1) is 16.3. The highest BCUT2D eigenvalue weighted by Gasteiger charge is 2.43.